The van der Waals surface area contributed by atoms with Crippen LogP contribution in [-0.2, 0) is 4.74 Å². The van der Waals surface area contributed by atoms with Gasteiger partial charge in [-0.2, -0.15) is 0 Å². The molecule has 0 aliphatic carbocycles. The first-order valence-corrected chi connectivity index (χ1v) is 3.86. The summed E-state index contributed by atoms with van der Waals surface area (Å²) in [5, 5.41) is 3.05. The Labute approximate surface area is 67.2 Å². The standard InChI is InChI=1S/C8H14N2O/c1-3-11-6-8-4-9-7(2)10-5-8/h4H,3,5-6H2,1-2H3,(H,9,10). The van der Waals surface area contributed by atoms with Crippen LogP contribution in [0, 0.1) is 0 Å². The molecule has 0 fully saturated rings. The van der Waals surface area contributed by atoms with E-state index < -0.39 is 0 Å². The van der Waals surface area contributed by atoms with Gasteiger partial charge >= 0.3 is 0 Å². The molecule has 62 valence electrons. The molecule has 0 amide bonds. The number of hydrogen-bond acceptors (Lipinski definition) is 3. The second kappa shape index (κ2) is 4.13. The highest BCUT2D eigenvalue weighted by Crippen LogP contribution is 1.99. The zero-order chi connectivity index (χ0) is 8.10. The minimum absolute atomic E-state index is 0.695. The fourth-order valence-electron chi connectivity index (χ4n) is 0.838. The monoisotopic (exact) mass is 154 g/mol. The van der Waals surface area contributed by atoms with Crippen LogP contribution in [0.1, 0.15) is 13.8 Å². The number of ether oxygens (including phenoxy) is 1. The summed E-state index contributed by atoms with van der Waals surface area (Å²) < 4.78 is 5.23. The van der Waals surface area contributed by atoms with Gasteiger partial charge < -0.3 is 10.1 Å². The van der Waals surface area contributed by atoms with Gasteiger partial charge in [-0.25, -0.2) is 0 Å². The van der Waals surface area contributed by atoms with E-state index >= 15 is 0 Å². The van der Waals surface area contributed by atoms with Crippen LogP contribution in [0.5, 0.6) is 0 Å². The molecule has 11 heavy (non-hydrogen) atoms. The molecule has 0 saturated carbocycles. The Hall–Kier alpha value is -0.830. The van der Waals surface area contributed by atoms with Gasteiger partial charge in [0.2, 0.25) is 0 Å². The van der Waals surface area contributed by atoms with Crippen LogP contribution in [0.2, 0.25) is 0 Å². The van der Waals surface area contributed by atoms with Gasteiger partial charge in [-0.05, 0) is 19.4 Å². The molecule has 1 aliphatic heterocycles. The van der Waals surface area contributed by atoms with Gasteiger partial charge in [0.15, 0.2) is 0 Å². The molecular weight excluding hydrogens is 140 g/mol. The highest BCUT2D eigenvalue weighted by atomic mass is 16.5. The van der Waals surface area contributed by atoms with E-state index in [1.165, 1.54) is 5.57 Å². The topological polar surface area (TPSA) is 33.6 Å². The van der Waals surface area contributed by atoms with Crippen molar-refractivity contribution in [3.63, 3.8) is 0 Å². The first-order chi connectivity index (χ1) is 5.33. The fourth-order valence-corrected chi connectivity index (χ4v) is 0.838. The average molecular weight is 154 g/mol. The maximum absolute atomic E-state index is 5.23. The highest BCUT2D eigenvalue weighted by molar-refractivity contribution is 5.81. The largest absolute Gasteiger partial charge is 0.377 e. The predicted octanol–water partition coefficient (Wildman–Crippen LogP) is 0.928. The van der Waals surface area contributed by atoms with Gasteiger partial charge in [0.1, 0.15) is 0 Å². The Morgan fingerprint density at radius 3 is 3.09 bits per heavy atom. The van der Waals surface area contributed by atoms with E-state index in [2.05, 4.69) is 10.3 Å². The van der Waals surface area contributed by atoms with E-state index in [4.69, 9.17) is 4.74 Å². The Bertz CT molecular complexity index is 185. The summed E-state index contributed by atoms with van der Waals surface area (Å²) in [5.41, 5.74) is 1.21. The molecule has 3 nitrogen and oxygen atoms in total. The Morgan fingerprint density at radius 2 is 2.55 bits per heavy atom. The van der Waals surface area contributed by atoms with E-state index in [1.807, 2.05) is 20.0 Å². The molecule has 1 heterocycles. The highest BCUT2D eigenvalue weighted by Gasteiger charge is 2.01. The minimum Gasteiger partial charge on any atom is -0.377 e. The molecule has 0 aromatic carbocycles. The number of rotatable bonds is 3. The van der Waals surface area contributed by atoms with Gasteiger partial charge in [0.25, 0.3) is 0 Å². The molecule has 0 aromatic heterocycles. The maximum atomic E-state index is 5.23. The van der Waals surface area contributed by atoms with Crippen molar-refractivity contribution in [2.24, 2.45) is 4.99 Å². The first kappa shape index (κ1) is 8.27. The fraction of sp³-hybridized carbons (Fsp3) is 0.625. The summed E-state index contributed by atoms with van der Waals surface area (Å²) in [7, 11) is 0. The summed E-state index contributed by atoms with van der Waals surface area (Å²) >= 11 is 0. The number of amidine groups is 1. The third-order valence-corrected chi connectivity index (χ3v) is 1.50. The van der Waals surface area contributed by atoms with Crippen molar-refractivity contribution < 1.29 is 4.74 Å². The van der Waals surface area contributed by atoms with Crippen LogP contribution in [0.25, 0.3) is 0 Å². The molecule has 0 spiro atoms. The zero-order valence-corrected chi connectivity index (χ0v) is 7.05. The van der Waals surface area contributed by atoms with Crippen molar-refractivity contribution in [1.82, 2.24) is 5.32 Å². The summed E-state index contributed by atoms with van der Waals surface area (Å²) in [4.78, 5) is 4.22. The second-order valence-electron chi connectivity index (χ2n) is 2.49. The molecule has 1 N–H and O–H groups in total. The van der Waals surface area contributed by atoms with Crippen LogP contribution in [-0.4, -0.2) is 25.6 Å². The SMILES string of the molecule is CCOCC1=CNC(C)=NC1. The average Bonchev–Trinajstić information content (AvgIpc) is 2.04. The predicted molar refractivity (Wildman–Crippen MR) is 45.7 cm³/mol. The normalized spacial score (nSPS) is 16.9. The molecule has 0 saturated heterocycles. The third kappa shape index (κ3) is 2.72. The van der Waals surface area contributed by atoms with E-state index in [9.17, 15) is 0 Å². The molecule has 0 bridgehead atoms. The summed E-state index contributed by atoms with van der Waals surface area (Å²) in [6.45, 7) is 6.18. The Kier molecular flexibility index (Phi) is 3.11. The van der Waals surface area contributed by atoms with Crippen molar-refractivity contribution >= 4 is 5.84 Å². The lowest BCUT2D eigenvalue weighted by atomic mass is 10.3. The van der Waals surface area contributed by atoms with Crippen molar-refractivity contribution in [2.45, 2.75) is 13.8 Å². The molecule has 0 radical (unpaired) electrons. The molecule has 1 rings (SSSR count). The van der Waals surface area contributed by atoms with Crippen LogP contribution < -0.4 is 5.32 Å². The van der Waals surface area contributed by atoms with Crippen LogP contribution in [0.4, 0.5) is 0 Å². The quantitative estimate of drug-likeness (QED) is 0.656. The van der Waals surface area contributed by atoms with Crippen LogP contribution in [0.3, 0.4) is 0 Å². The lowest BCUT2D eigenvalue weighted by Crippen LogP contribution is -2.21. The third-order valence-electron chi connectivity index (χ3n) is 1.50. The maximum Gasteiger partial charge on any atom is 0.0975 e. The molecule has 0 unspecified atom stereocenters. The number of nitrogens with one attached hydrogen (secondary N) is 1. The first-order valence-electron chi connectivity index (χ1n) is 3.86. The van der Waals surface area contributed by atoms with E-state index in [1.54, 1.807) is 0 Å². The summed E-state index contributed by atoms with van der Waals surface area (Å²) in [6.07, 6.45) is 1.97. The lowest BCUT2D eigenvalue weighted by molar-refractivity contribution is 0.169. The van der Waals surface area contributed by atoms with Crippen molar-refractivity contribution in [2.75, 3.05) is 19.8 Å². The van der Waals surface area contributed by atoms with E-state index in [0.717, 1.165) is 19.0 Å². The van der Waals surface area contributed by atoms with Crippen LogP contribution in [0.15, 0.2) is 16.8 Å². The van der Waals surface area contributed by atoms with Crippen molar-refractivity contribution in [1.29, 1.82) is 0 Å². The zero-order valence-electron chi connectivity index (χ0n) is 7.05. The number of hydrogen-bond donors (Lipinski definition) is 1. The number of nitrogens with zero attached hydrogens (tertiary/aromatic N) is 1. The van der Waals surface area contributed by atoms with Gasteiger partial charge in [-0.1, -0.05) is 0 Å². The van der Waals surface area contributed by atoms with E-state index in [0.29, 0.717) is 6.61 Å². The smallest absolute Gasteiger partial charge is 0.0975 e. The van der Waals surface area contributed by atoms with Crippen molar-refractivity contribution in [3.05, 3.63) is 11.8 Å². The second-order valence-corrected chi connectivity index (χ2v) is 2.49. The Morgan fingerprint density at radius 1 is 1.73 bits per heavy atom. The minimum atomic E-state index is 0.695. The summed E-state index contributed by atoms with van der Waals surface area (Å²) in [5.74, 6) is 0.977. The summed E-state index contributed by atoms with van der Waals surface area (Å²) in [6, 6.07) is 0. The van der Waals surface area contributed by atoms with Gasteiger partial charge in [0, 0.05) is 12.8 Å². The molecule has 3 heteroatoms. The lowest BCUT2D eigenvalue weighted by Gasteiger charge is -2.11. The molecule has 1 aliphatic rings. The molecular formula is C8H14N2O. The molecule has 0 aromatic rings. The van der Waals surface area contributed by atoms with Gasteiger partial charge in [-0.15, -0.1) is 0 Å². The van der Waals surface area contributed by atoms with Crippen molar-refractivity contribution in [3.8, 4) is 0 Å². The Balaban J connectivity index is 2.27. The van der Waals surface area contributed by atoms with E-state index in [-0.39, 0.29) is 0 Å². The number of aliphatic imine (C=N–C) groups is 1. The van der Waals surface area contributed by atoms with Crippen LogP contribution >= 0.6 is 0 Å². The van der Waals surface area contributed by atoms with Gasteiger partial charge in [0.05, 0.1) is 19.0 Å². The van der Waals surface area contributed by atoms with Gasteiger partial charge in [-0.3, -0.25) is 4.99 Å². The molecule has 0 atom stereocenters.